The molecule has 0 saturated carbocycles. The van der Waals surface area contributed by atoms with Gasteiger partial charge in [-0.25, -0.2) is 0 Å². The third-order valence-electron chi connectivity index (χ3n) is 1.83. The average Bonchev–Trinajstić information content (AvgIpc) is 2.40. The number of hydrogen-bond acceptors (Lipinski definition) is 4. The number of rotatable bonds is 1. The molecule has 0 radical (unpaired) electrons. The normalized spacial score (nSPS) is 10.6. The lowest BCUT2D eigenvalue weighted by Gasteiger charge is -1.92. The van der Waals surface area contributed by atoms with E-state index in [2.05, 4.69) is 0 Å². The number of hydrogen-bond donors (Lipinski definition) is 1. The average molecular weight is 212 g/mol. The van der Waals surface area contributed by atoms with Crippen molar-refractivity contribution in [3.05, 3.63) is 33.4 Å². The predicted molar refractivity (Wildman–Crippen MR) is 52.8 cm³/mol. The number of nitrogen functional groups attached to an aromatic ring is 1. The van der Waals surface area contributed by atoms with Crippen molar-refractivity contribution in [2.75, 3.05) is 5.73 Å². The van der Waals surface area contributed by atoms with Crippen LogP contribution in [0.1, 0.15) is 0 Å². The van der Waals surface area contributed by atoms with Gasteiger partial charge in [0, 0.05) is 10.4 Å². The van der Waals surface area contributed by atoms with Crippen molar-refractivity contribution in [1.82, 2.24) is 0 Å². The Morgan fingerprint density at radius 1 is 1.50 bits per heavy atom. The first-order chi connectivity index (χ1) is 6.59. The zero-order valence-corrected chi connectivity index (χ0v) is 7.68. The molecular weight excluding hydrogens is 207 g/mol. The standard InChI is InChI=1S/C8H5FN2O2S/c9-8-7(11(12)13)5-3-4(10)1-2-6(5)14-8/h1-3H,10H2. The maximum Gasteiger partial charge on any atom is 0.323 e. The summed E-state index contributed by atoms with van der Waals surface area (Å²) >= 11 is 0.752. The molecule has 4 nitrogen and oxygen atoms in total. The Hall–Kier alpha value is -1.69. The summed E-state index contributed by atoms with van der Waals surface area (Å²) in [5, 5.41) is 10.0. The molecule has 0 aliphatic rings. The molecule has 0 bridgehead atoms. The highest BCUT2D eigenvalue weighted by molar-refractivity contribution is 7.18. The molecular formula is C8H5FN2O2S. The summed E-state index contributed by atoms with van der Waals surface area (Å²) < 4.78 is 13.7. The summed E-state index contributed by atoms with van der Waals surface area (Å²) in [4.78, 5) is 9.81. The molecule has 2 rings (SSSR count). The number of thiophene rings is 1. The van der Waals surface area contributed by atoms with Crippen molar-refractivity contribution in [2.45, 2.75) is 0 Å². The van der Waals surface area contributed by atoms with Crippen LogP contribution in [0.2, 0.25) is 0 Å². The predicted octanol–water partition coefficient (Wildman–Crippen LogP) is 2.53. The van der Waals surface area contributed by atoms with Gasteiger partial charge in [0.1, 0.15) is 0 Å². The van der Waals surface area contributed by atoms with E-state index >= 15 is 0 Å². The second-order valence-electron chi connectivity index (χ2n) is 2.74. The van der Waals surface area contributed by atoms with E-state index in [0.717, 1.165) is 11.3 Å². The van der Waals surface area contributed by atoms with Crippen LogP contribution in [0.4, 0.5) is 15.8 Å². The molecule has 72 valence electrons. The highest BCUT2D eigenvalue weighted by atomic mass is 32.1. The van der Waals surface area contributed by atoms with Gasteiger partial charge in [0.05, 0.1) is 10.3 Å². The van der Waals surface area contributed by atoms with Crippen LogP contribution in [-0.2, 0) is 0 Å². The Morgan fingerprint density at radius 2 is 2.21 bits per heavy atom. The Bertz CT molecular complexity index is 523. The summed E-state index contributed by atoms with van der Waals surface area (Å²) in [6.07, 6.45) is 0. The topological polar surface area (TPSA) is 69.2 Å². The van der Waals surface area contributed by atoms with E-state index in [4.69, 9.17) is 5.73 Å². The quantitative estimate of drug-likeness (QED) is 0.448. The Morgan fingerprint density at radius 3 is 2.86 bits per heavy atom. The van der Waals surface area contributed by atoms with Crippen molar-refractivity contribution in [3.63, 3.8) is 0 Å². The van der Waals surface area contributed by atoms with Crippen LogP contribution in [0, 0.1) is 15.2 Å². The minimum atomic E-state index is -0.782. The molecule has 14 heavy (non-hydrogen) atoms. The molecule has 0 fully saturated rings. The van der Waals surface area contributed by atoms with Gasteiger partial charge >= 0.3 is 5.69 Å². The van der Waals surface area contributed by atoms with Gasteiger partial charge in [-0.3, -0.25) is 10.1 Å². The summed E-state index contributed by atoms with van der Waals surface area (Å²) in [6, 6.07) is 4.57. The van der Waals surface area contributed by atoms with E-state index in [-0.39, 0.29) is 5.39 Å². The molecule has 1 aromatic heterocycles. The molecule has 0 aliphatic heterocycles. The van der Waals surface area contributed by atoms with Crippen LogP contribution in [0.15, 0.2) is 18.2 Å². The molecule has 2 aromatic rings. The lowest BCUT2D eigenvalue weighted by Crippen LogP contribution is -1.89. The fourth-order valence-electron chi connectivity index (χ4n) is 1.24. The maximum atomic E-state index is 13.1. The highest BCUT2D eigenvalue weighted by Crippen LogP contribution is 2.36. The number of fused-ring (bicyclic) bond motifs is 1. The molecule has 0 amide bonds. The minimum absolute atomic E-state index is 0.262. The van der Waals surface area contributed by atoms with Gasteiger partial charge in [-0.2, -0.15) is 4.39 Å². The van der Waals surface area contributed by atoms with E-state index in [1.54, 1.807) is 12.1 Å². The molecule has 1 aromatic carbocycles. The number of benzene rings is 1. The zero-order chi connectivity index (χ0) is 10.3. The minimum Gasteiger partial charge on any atom is -0.399 e. The number of nitro groups is 1. The molecule has 1 heterocycles. The first-order valence-corrected chi connectivity index (χ1v) is 4.53. The van der Waals surface area contributed by atoms with Gasteiger partial charge < -0.3 is 5.73 Å². The molecule has 0 saturated heterocycles. The number of nitrogens with zero attached hydrogens (tertiary/aromatic N) is 1. The Kier molecular flexibility index (Phi) is 1.85. The Labute approximate surface area is 81.9 Å². The summed E-state index contributed by atoms with van der Waals surface area (Å²) in [6.45, 7) is 0. The van der Waals surface area contributed by atoms with Crippen LogP contribution in [0.3, 0.4) is 0 Å². The lowest BCUT2D eigenvalue weighted by atomic mass is 10.2. The molecule has 2 N–H and O–H groups in total. The van der Waals surface area contributed by atoms with Crippen molar-refractivity contribution < 1.29 is 9.31 Å². The fraction of sp³-hybridized carbons (Fsp3) is 0. The lowest BCUT2D eigenvalue weighted by molar-refractivity contribution is -0.385. The van der Waals surface area contributed by atoms with E-state index in [1.165, 1.54) is 6.07 Å². The smallest absolute Gasteiger partial charge is 0.323 e. The molecule has 0 aliphatic carbocycles. The second kappa shape index (κ2) is 2.91. The third kappa shape index (κ3) is 1.20. The van der Waals surface area contributed by atoms with Gasteiger partial charge in [-0.15, -0.1) is 0 Å². The fourth-order valence-corrected chi connectivity index (χ4v) is 2.12. The monoisotopic (exact) mass is 212 g/mol. The second-order valence-corrected chi connectivity index (χ2v) is 3.74. The van der Waals surface area contributed by atoms with E-state index in [9.17, 15) is 14.5 Å². The number of halogens is 1. The highest BCUT2D eigenvalue weighted by Gasteiger charge is 2.22. The zero-order valence-electron chi connectivity index (χ0n) is 6.86. The van der Waals surface area contributed by atoms with Crippen LogP contribution in [0.5, 0.6) is 0 Å². The number of anilines is 1. The van der Waals surface area contributed by atoms with E-state index in [0.29, 0.717) is 10.4 Å². The maximum absolute atomic E-state index is 13.1. The first kappa shape index (κ1) is 8.89. The van der Waals surface area contributed by atoms with Gasteiger partial charge in [-0.1, -0.05) is 11.3 Å². The third-order valence-corrected chi connectivity index (χ3v) is 2.78. The Balaban J connectivity index is 2.86. The van der Waals surface area contributed by atoms with Gasteiger partial charge in [-0.05, 0) is 18.2 Å². The van der Waals surface area contributed by atoms with Crippen molar-refractivity contribution in [3.8, 4) is 0 Å². The van der Waals surface area contributed by atoms with Crippen LogP contribution < -0.4 is 5.73 Å². The molecule has 0 spiro atoms. The molecule has 0 unspecified atom stereocenters. The summed E-state index contributed by atoms with van der Waals surface area (Å²) in [7, 11) is 0. The SMILES string of the molecule is Nc1ccc2sc(F)c([N+](=O)[O-])c2c1. The van der Waals surface area contributed by atoms with Gasteiger partial charge in [0.15, 0.2) is 0 Å². The van der Waals surface area contributed by atoms with Crippen LogP contribution in [0.25, 0.3) is 10.1 Å². The van der Waals surface area contributed by atoms with Crippen molar-refractivity contribution in [1.29, 1.82) is 0 Å². The van der Waals surface area contributed by atoms with Gasteiger partial charge in [0.2, 0.25) is 0 Å². The largest absolute Gasteiger partial charge is 0.399 e. The van der Waals surface area contributed by atoms with Crippen LogP contribution in [-0.4, -0.2) is 4.92 Å². The van der Waals surface area contributed by atoms with Crippen molar-refractivity contribution in [2.24, 2.45) is 0 Å². The number of nitrogens with two attached hydrogens (primary N) is 1. The van der Waals surface area contributed by atoms with Gasteiger partial charge in [0.25, 0.3) is 5.13 Å². The summed E-state index contributed by atoms with van der Waals surface area (Å²) in [5.74, 6) is 0. The first-order valence-electron chi connectivity index (χ1n) is 3.71. The van der Waals surface area contributed by atoms with E-state index in [1.807, 2.05) is 0 Å². The van der Waals surface area contributed by atoms with Crippen LogP contribution >= 0.6 is 11.3 Å². The van der Waals surface area contributed by atoms with E-state index < -0.39 is 15.7 Å². The molecule has 6 heteroatoms. The molecule has 0 atom stereocenters. The van der Waals surface area contributed by atoms with Crippen molar-refractivity contribution >= 4 is 32.8 Å². The summed E-state index contributed by atoms with van der Waals surface area (Å²) in [5.41, 5.74) is 5.36.